The van der Waals surface area contributed by atoms with Crippen LogP contribution in [0.5, 0.6) is 0 Å². The molecule has 1 N–H and O–H groups in total. The van der Waals surface area contributed by atoms with Crippen LogP contribution in [0, 0.1) is 11.8 Å². The van der Waals surface area contributed by atoms with Crippen molar-refractivity contribution in [1.82, 2.24) is 10.2 Å². The predicted octanol–water partition coefficient (Wildman–Crippen LogP) is 2.24. The molecule has 0 bridgehead atoms. The van der Waals surface area contributed by atoms with Gasteiger partial charge in [-0.2, -0.15) is 0 Å². The van der Waals surface area contributed by atoms with Crippen molar-refractivity contribution in [2.75, 3.05) is 26.7 Å². The Morgan fingerprint density at radius 2 is 2.06 bits per heavy atom. The number of nitrogens with one attached hydrogen (secondary N) is 1. The Balaban J connectivity index is 0.00000289. The monoisotopic (exact) mass is 272 g/mol. The number of allylic oxidation sites excluding steroid dienone is 2. The summed E-state index contributed by atoms with van der Waals surface area (Å²) in [6.45, 7) is 10.2. The van der Waals surface area contributed by atoms with Gasteiger partial charge in [0.1, 0.15) is 0 Å². The Kier molecular flexibility index (Phi) is 8.77. The zero-order valence-electron chi connectivity index (χ0n) is 11.2. The lowest BCUT2D eigenvalue weighted by Crippen LogP contribution is -2.35. The number of hydrogen-bond acceptors (Lipinski definition) is 2. The summed E-state index contributed by atoms with van der Waals surface area (Å²) in [5.41, 5.74) is 0. The lowest BCUT2D eigenvalue weighted by atomic mass is 10.00. The van der Waals surface area contributed by atoms with E-state index in [9.17, 15) is 4.79 Å². The average molecular weight is 273 g/mol. The van der Waals surface area contributed by atoms with Crippen LogP contribution >= 0.6 is 12.4 Å². The molecule has 0 aliphatic carbocycles. The van der Waals surface area contributed by atoms with E-state index < -0.39 is 0 Å². The topological polar surface area (TPSA) is 32.3 Å². The van der Waals surface area contributed by atoms with Crippen molar-refractivity contribution in [2.24, 2.45) is 11.8 Å². The van der Waals surface area contributed by atoms with Crippen molar-refractivity contribution in [3.8, 4) is 0 Å². The predicted molar refractivity (Wildman–Crippen MR) is 79.0 cm³/mol. The second-order valence-electron chi connectivity index (χ2n) is 4.74. The van der Waals surface area contributed by atoms with Gasteiger partial charge in [-0.3, -0.25) is 4.79 Å². The normalized spacial score (nSPS) is 18.6. The summed E-state index contributed by atoms with van der Waals surface area (Å²) >= 11 is 0. The third-order valence-electron chi connectivity index (χ3n) is 3.34. The Morgan fingerprint density at radius 1 is 1.44 bits per heavy atom. The minimum Gasteiger partial charge on any atom is -0.342 e. The van der Waals surface area contributed by atoms with Crippen LogP contribution in [0.4, 0.5) is 0 Å². The minimum absolute atomic E-state index is 0. The summed E-state index contributed by atoms with van der Waals surface area (Å²) in [5, 5.41) is 3.18. The van der Waals surface area contributed by atoms with E-state index >= 15 is 0 Å². The Labute approximate surface area is 117 Å². The molecule has 0 radical (unpaired) electrons. The standard InChI is InChI=1S/C14H24N2O.ClH/c1-4-6-13(7-5-2)14(17)16-9-8-12(11-16)10-15-3;/h4-5,12-13,15H,1-2,6-11H2,3H3;1H. The Hall–Kier alpha value is -0.800. The second kappa shape index (κ2) is 9.17. The first-order chi connectivity index (χ1) is 8.22. The Bertz CT molecular complexity index is 271. The quantitative estimate of drug-likeness (QED) is 0.721. The maximum absolute atomic E-state index is 12.3. The molecule has 18 heavy (non-hydrogen) atoms. The van der Waals surface area contributed by atoms with Gasteiger partial charge in [-0.15, -0.1) is 25.6 Å². The molecule has 3 nitrogen and oxygen atoms in total. The number of halogens is 1. The summed E-state index contributed by atoms with van der Waals surface area (Å²) in [6.07, 6.45) is 6.26. The molecule has 1 fully saturated rings. The van der Waals surface area contributed by atoms with Crippen molar-refractivity contribution in [1.29, 1.82) is 0 Å². The molecular formula is C14H25ClN2O. The smallest absolute Gasteiger partial charge is 0.226 e. The third-order valence-corrected chi connectivity index (χ3v) is 3.34. The largest absolute Gasteiger partial charge is 0.342 e. The van der Waals surface area contributed by atoms with Crippen molar-refractivity contribution in [3.63, 3.8) is 0 Å². The fraction of sp³-hybridized carbons (Fsp3) is 0.643. The van der Waals surface area contributed by atoms with Gasteiger partial charge < -0.3 is 10.2 Å². The molecule has 104 valence electrons. The molecule has 1 amide bonds. The van der Waals surface area contributed by atoms with Gasteiger partial charge in [-0.05, 0) is 38.8 Å². The van der Waals surface area contributed by atoms with Gasteiger partial charge in [0.05, 0.1) is 0 Å². The van der Waals surface area contributed by atoms with Crippen LogP contribution < -0.4 is 5.32 Å². The molecule has 1 heterocycles. The van der Waals surface area contributed by atoms with E-state index in [4.69, 9.17) is 0 Å². The van der Waals surface area contributed by atoms with Crippen LogP contribution in [-0.2, 0) is 4.79 Å². The minimum atomic E-state index is 0. The molecule has 0 saturated carbocycles. The number of carbonyl (C=O) groups is 1. The van der Waals surface area contributed by atoms with Gasteiger partial charge in [-0.25, -0.2) is 0 Å². The van der Waals surface area contributed by atoms with Gasteiger partial charge in [0.25, 0.3) is 0 Å². The fourth-order valence-electron chi connectivity index (χ4n) is 2.45. The molecule has 0 spiro atoms. The van der Waals surface area contributed by atoms with Gasteiger partial charge in [0, 0.05) is 19.0 Å². The average Bonchev–Trinajstić information content (AvgIpc) is 2.77. The lowest BCUT2D eigenvalue weighted by molar-refractivity contribution is -0.134. The zero-order chi connectivity index (χ0) is 12.7. The number of rotatable bonds is 7. The van der Waals surface area contributed by atoms with Gasteiger partial charge >= 0.3 is 0 Å². The summed E-state index contributed by atoms with van der Waals surface area (Å²) in [5.74, 6) is 0.916. The van der Waals surface area contributed by atoms with Crippen LogP contribution in [0.1, 0.15) is 19.3 Å². The molecule has 1 saturated heterocycles. The summed E-state index contributed by atoms with van der Waals surface area (Å²) in [7, 11) is 1.96. The molecule has 1 aliphatic heterocycles. The van der Waals surface area contributed by atoms with Crippen molar-refractivity contribution in [2.45, 2.75) is 19.3 Å². The van der Waals surface area contributed by atoms with E-state index in [1.807, 2.05) is 24.1 Å². The van der Waals surface area contributed by atoms with E-state index in [1.54, 1.807) is 0 Å². The van der Waals surface area contributed by atoms with Crippen molar-refractivity contribution in [3.05, 3.63) is 25.3 Å². The second-order valence-corrected chi connectivity index (χ2v) is 4.74. The molecule has 0 aromatic heterocycles. The van der Waals surface area contributed by atoms with E-state index in [-0.39, 0.29) is 24.2 Å². The number of likely N-dealkylation sites (tertiary alicyclic amines) is 1. The first kappa shape index (κ1) is 17.2. The first-order valence-corrected chi connectivity index (χ1v) is 6.38. The third kappa shape index (κ3) is 4.83. The molecule has 1 aliphatic rings. The van der Waals surface area contributed by atoms with Crippen LogP contribution in [0.25, 0.3) is 0 Å². The number of amides is 1. The molecule has 0 aromatic rings. The van der Waals surface area contributed by atoms with E-state index in [1.165, 1.54) is 0 Å². The van der Waals surface area contributed by atoms with Crippen LogP contribution in [-0.4, -0.2) is 37.5 Å². The summed E-state index contributed by atoms with van der Waals surface area (Å²) in [6, 6.07) is 0. The maximum Gasteiger partial charge on any atom is 0.226 e. The molecular weight excluding hydrogens is 248 g/mol. The van der Waals surface area contributed by atoms with Crippen LogP contribution in [0.15, 0.2) is 25.3 Å². The van der Waals surface area contributed by atoms with E-state index in [0.717, 1.165) is 38.9 Å². The molecule has 1 unspecified atom stereocenters. The molecule has 1 atom stereocenters. The molecule has 4 heteroatoms. The highest BCUT2D eigenvalue weighted by Gasteiger charge is 2.29. The summed E-state index contributed by atoms with van der Waals surface area (Å²) in [4.78, 5) is 14.3. The fourth-order valence-corrected chi connectivity index (χ4v) is 2.45. The van der Waals surface area contributed by atoms with Gasteiger partial charge in [0.2, 0.25) is 5.91 Å². The highest BCUT2D eigenvalue weighted by atomic mass is 35.5. The summed E-state index contributed by atoms with van der Waals surface area (Å²) < 4.78 is 0. The number of carbonyl (C=O) groups excluding carboxylic acids is 1. The van der Waals surface area contributed by atoms with Crippen LogP contribution in [0.2, 0.25) is 0 Å². The van der Waals surface area contributed by atoms with Crippen molar-refractivity contribution >= 4 is 18.3 Å². The van der Waals surface area contributed by atoms with Crippen LogP contribution in [0.3, 0.4) is 0 Å². The van der Waals surface area contributed by atoms with E-state index in [2.05, 4.69) is 18.5 Å². The first-order valence-electron chi connectivity index (χ1n) is 6.38. The number of nitrogens with zero attached hydrogens (tertiary/aromatic N) is 1. The lowest BCUT2D eigenvalue weighted by Gasteiger charge is -2.22. The highest BCUT2D eigenvalue weighted by molar-refractivity contribution is 5.85. The molecule has 1 rings (SSSR count). The number of hydrogen-bond donors (Lipinski definition) is 1. The van der Waals surface area contributed by atoms with Gasteiger partial charge in [-0.1, -0.05) is 12.2 Å². The molecule has 0 aromatic carbocycles. The van der Waals surface area contributed by atoms with Crippen molar-refractivity contribution < 1.29 is 4.79 Å². The SMILES string of the molecule is C=CCC(CC=C)C(=O)N1CCC(CNC)C1.Cl. The van der Waals surface area contributed by atoms with E-state index in [0.29, 0.717) is 5.92 Å². The zero-order valence-corrected chi connectivity index (χ0v) is 12.0. The maximum atomic E-state index is 12.3. The Morgan fingerprint density at radius 3 is 2.56 bits per heavy atom. The van der Waals surface area contributed by atoms with Gasteiger partial charge in [0.15, 0.2) is 0 Å². The highest BCUT2D eigenvalue weighted by Crippen LogP contribution is 2.21.